The van der Waals surface area contributed by atoms with Gasteiger partial charge in [0.25, 0.3) is 0 Å². The summed E-state index contributed by atoms with van der Waals surface area (Å²) < 4.78 is 0. The molecule has 0 amide bonds. The van der Waals surface area contributed by atoms with Gasteiger partial charge in [-0.25, -0.2) is 4.98 Å². The van der Waals surface area contributed by atoms with E-state index >= 15 is 0 Å². The minimum absolute atomic E-state index is 0.330. The summed E-state index contributed by atoms with van der Waals surface area (Å²) in [5.41, 5.74) is 7.48. The Morgan fingerprint density at radius 1 is 0.962 bits per heavy atom. The van der Waals surface area contributed by atoms with Crippen molar-refractivity contribution in [1.82, 2.24) is 15.0 Å². The summed E-state index contributed by atoms with van der Waals surface area (Å²) in [6.07, 6.45) is 4.59. The van der Waals surface area contributed by atoms with Gasteiger partial charge in [-0.3, -0.25) is 14.8 Å². The average molecular weight is 339 g/mol. The molecule has 0 saturated heterocycles. The summed E-state index contributed by atoms with van der Waals surface area (Å²) in [5, 5.41) is 0. The summed E-state index contributed by atoms with van der Waals surface area (Å²) in [6.45, 7) is 2.14. The maximum atomic E-state index is 10.9. The third-order valence-electron chi connectivity index (χ3n) is 4.56. The number of rotatable bonds is 4. The molecule has 0 unspecified atom stereocenters. The molecule has 2 aromatic heterocycles. The molecule has 0 aliphatic carbocycles. The van der Waals surface area contributed by atoms with Crippen LogP contribution in [0, 0.1) is 6.92 Å². The third-order valence-corrected chi connectivity index (χ3v) is 4.56. The lowest BCUT2D eigenvalue weighted by Crippen LogP contribution is -2.00. The molecule has 4 rings (SSSR count). The second-order valence-electron chi connectivity index (χ2n) is 6.17. The van der Waals surface area contributed by atoms with Crippen molar-refractivity contribution in [3.8, 4) is 11.1 Å². The number of benzene rings is 2. The smallest absolute Gasteiger partial charge is 0.170 e. The van der Waals surface area contributed by atoms with Crippen LogP contribution in [0.4, 0.5) is 0 Å². The van der Waals surface area contributed by atoms with E-state index in [1.807, 2.05) is 18.2 Å². The Hall–Kier alpha value is -3.40. The minimum Gasteiger partial charge on any atom is -0.296 e. The molecule has 0 bridgehead atoms. The zero-order valence-electron chi connectivity index (χ0n) is 14.4. The maximum absolute atomic E-state index is 10.9. The highest BCUT2D eigenvalue weighted by molar-refractivity contribution is 5.81. The zero-order chi connectivity index (χ0) is 17.9. The van der Waals surface area contributed by atoms with Gasteiger partial charge in [0.2, 0.25) is 0 Å². The number of fused-ring (bicyclic) bond motifs is 1. The molecular weight excluding hydrogens is 322 g/mol. The van der Waals surface area contributed by atoms with Gasteiger partial charge in [0, 0.05) is 12.6 Å². The first-order valence-electron chi connectivity index (χ1n) is 8.46. The molecule has 2 aromatic carbocycles. The van der Waals surface area contributed by atoms with Crippen LogP contribution in [-0.2, 0) is 6.42 Å². The molecule has 0 aliphatic rings. The highest BCUT2D eigenvalue weighted by Crippen LogP contribution is 2.27. The predicted molar refractivity (Wildman–Crippen MR) is 102 cm³/mol. The van der Waals surface area contributed by atoms with Crippen LogP contribution in [0.25, 0.3) is 22.2 Å². The standard InChI is InChI=1S/C22H17N3O/c1-15-17(8-5-9-19(15)16-6-3-2-4-7-16)12-21-22-20(10-11-23-21)25-18(14-26)13-24-22/h2-11,13-14H,12H2,1H3. The van der Waals surface area contributed by atoms with Crippen LogP contribution in [0.2, 0.25) is 0 Å². The molecule has 26 heavy (non-hydrogen) atoms. The number of pyridine rings is 1. The van der Waals surface area contributed by atoms with Crippen molar-refractivity contribution in [1.29, 1.82) is 0 Å². The molecule has 0 saturated carbocycles. The van der Waals surface area contributed by atoms with Gasteiger partial charge in [0.15, 0.2) is 6.29 Å². The van der Waals surface area contributed by atoms with E-state index in [9.17, 15) is 4.79 Å². The fourth-order valence-corrected chi connectivity index (χ4v) is 3.19. The molecule has 2 heterocycles. The lowest BCUT2D eigenvalue weighted by molar-refractivity contribution is 0.111. The van der Waals surface area contributed by atoms with E-state index in [-0.39, 0.29) is 0 Å². The number of hydrogen-bond donors (Lipinski definition) is 0. The van der Waals surface area contributed by atoms with E-state index in [0.717, 1.165) is 11.2 Å². The fraction of sp³-hybridized carbons (Fsp3) is 0.0909. The van der Waals surface area contributed by atoms with Crippen molar-refractivity contribution in [3.05, 3.63) is 89.5 Å². The largest absolute Gasteiger partial charge is 0.296 e. The van der Waals surface area contributed by atoms with Crippen LogP contribution >= 0.6 is 0 Å². The van der Waals surface area contributed by atoms with Crippen LogP contribution in [0.5, 0.6) is 0 Å². The summed E-state index contributed by atoms with van der Waals surface area (Å²) in [7, 11) is 0. The third kappa shape index (κ3) is 2.97. The Morgan fingerprint density at radius 2 is 1.81 bits per heavy atom. The number of aromatic nitrogens is 3. The number of aldehydes is 1. The Morgan fingerprint density at radius 3 is 2.62 bits per heavy atom. The average Bonchev–Trinajstić information content (AvgIpc) is 2.70. The van der Waals surface area contributed by atoms with Gasteiger partial charge >= 0.3 is 0 Å². The topological polar surface area (TPSA) is 55.7 Å². The first-order chi connectivity index (χ1) is 12.8. The highest BCUT2D eigenvalue weighted by atomic mass is 16.1. The summed E-state index contributed by atoms with van der Waals surface area (Å²) in [5.74, 6) is 0. The molecular formula is C22H17N3O. The van der Waals surface area contributed by atoms with Crippen molar-refractivity contribution < 1.29 is 4.79 Å². The quantitative estimate of drug-likeness (QED) is 0.517. The van der Waals surface area contributed by atoms with Crippen LogP contribution in [0.1, 0.15) is 27.3 Å². The molecule has 4 heteroatoms. The van der Waals surface area contributed by atoms with Crippen molar-refractivity contribution in [2.75, 3.05) is 0 Å². The second kappa shape index (κ2) is 6.84. The summed E-state index contributed by atoms with van der Waals surface area (Å²) in [6, 6.07) is 18.5. The van der Waals surface area contributed by atoms with Gasteiger partial charge in [-0.1, -0.05) is 48.5 Å². The van der Waals surface area contributed by atoms with E-state index in [1.54, 1.807) is 12.3 Å². The molecule has 0 aliphatic heterocycles. The van der Waals surface area contributed by atoms with E-state index in [1.165, 1.54) is 28.5 Å². The Balaban J connectivity index is 1.77. The maximum Gasteiger partial charge on any atom is 0.170 e. The molecule has 0 fully saturated rings. The zero-order valence-corrected chi connectivity index (χ0v) is 14.4. The predicted octanol–water partition coefficient (Wildman–Crippen LogP) is 4.40. The van der Waals surface area contributed by atoms with Crippen LogP contribution in [0.3, 0.4) is 0 Å². The SMILES string of the molecule is Cc1c(Cc2nccc3nc(C=O)cnc23)cccc1-c1ccccc1. The first kappa shape index (κ1) is 16.1. The summed E-state index contributed by atoms with van der Waals surface area (Å²) in [4.78, 5) is 24.2. The second-order valence-corrected chi connectivity index (χ2v) is 6.17. The van der Waals surface area contributed by atoms with Gasteiger partial charge < -0.3 is 0 Å². The molecule has 4 aromatic rings. The van der Waals surface area contributed by atoms with Gasteiger partial charge in [-0.15, -0.1) is 0 Å². The molecule has 4 nitrogen and oxygen atoms in total. The van der Waals surface area contributed by atoms with E-state index in [2.05, 4.69) is 52.2 Å². The number of carbonyl (C=O) groups is 1. The van der Waals surface area contributed by atoms with Crippen molar-refractivity contribution >= 4 is 17.3 Å². The van der Waals surface area contributed by atoms with E-state index in [4.69, 9.17) is 0 Å². The van der Waals surface area contributed by atoms with Crippen molar-refractivity contribution in [3.63, 3.8) is 0 Å². The number of carbonyl (C=O) groups excluding carboxylic acids is 1. The van der Waals surface area contributed by atoms with E-state index < -0.39 is 0 Å². The lowest BCUT2D eigenvalue weighted by atomic mass is 9.94. The molecule has 0 radical (unpaired) electrons. The minimum atomic E-state index is 0.330. The molecule has 126 valence electrons. The fourth-order valence-electron chi connectivity index (χ4n) is 3.19. The van der Waals surface area contributed by atoms with Gasteiger partial charge in [0.05, 0.1) is 17.4 Å². The van der Waals surface area contributed by atoms with Crippen molar-refractivity contribution in [2.24, 2.45) is 0 Å². The van der Waals surface area contributed by atoms with Gasteiger partial charge in [-0.05, 0) is 35.2 Å². The monoisotopic (exact) mass is 339 g/mol. The van der Waals surface area contributed by atoms with E-state index in [0.29, 0.717) is 23.9 Å². The Bertz CT molecular complexity index is 1090. The van der Waals surface area contributed by atoms with Crippen LogP contribution in [0.15, 0.2) is 67.0 Å². The van der Waals surface area contributed by atoms with Crippen molar-refractivity contribution in [2.45, 2.75) is 13.3 Å². The number of nitrogens with zero attached hydrogens (tertiary/aromatic N) is 3. The van der Waals surface area contributed by atoms with Gasteiger partial charge in [0.1, 0.15) is 11.2 Å². The Labute approximate surface area is 151 Å². The molecule has 0 spiro atoms. The summed E-state index contributed by atoms with van der Waals surface area (Å²) >= 11 is 0. The normalized spacial score (nSPS) is 10.8. The lowest BCUT2D eigenvalue weighted by Gasteiger charge is -2.12. The first-order valence-corrected chi connectivity index (χ1v) is 8.46. The highest BCUT2D eigenvalue weighted by Gasteiger charge is 2.11. The molecule has 0 atom stereocenters. The van der Waals surface area contributed by atoms with Crippen LogP contribution in [-0.4, -0.2) is 21.2 Å². The Kier molecular flexibility index (Phi) is 4.23. The number of hydrogen-bond acceptors (Lipinski definition) is 4. The van der Waals surface area contributed by atoms with Crippen LogP contribution < -0.4 is 0 Å². The molecule has 0 N–H and O–H groups in total. The van der Waals surface area contributed by atoms with Gasteiger partial charge in [-0.2, -0.15) is 0 Å².